The molecular weight excluding hydrogens is 476 g/mol. The number of anilines is 1. The second-order valence-electron chi connectivity index (χ2n) is 10.0. The molecule has 0 saturated carbocycles. The Morgan fingerprint density at radius 2 is 1.66 bits per heavy atom. The fourth-order valence-electron chi connectivity index (χ4n) is 4.86. The van der Waals surface area contributed by atoms with Crippen molar-refractivity contribution in [3.8, 4) is 0 Å². The van der Waals surface area contributed by atoms with Gasteiger partial charge in [0.25, 0.3) is 5.91 Å². The molecule has 1 atom stereocenters. The lowest BCUT2D eigenvalue weighted by atomic mass is 9.97. The molecule has 1 heterocycles. The number of carbonyl (C=O) groups is 3. The lowest BCUT2D eigenvalue weighted by Gasteiger charge is -2.31. The van der Waals surface area contributed by atoms with Crippen LogP contribution in [-0.4, -0.2) is 42.4 Å². The Bertz CT molecular complexity index is 1270. The molecule has 6 nitrogen and oxygen atoms in total. The van der Waals surface area contributed by atoms with E-state index in [9.17, 15) is 14.4 Å². The smallest absolute Gasteiger partial charge is 0.310 e. The molecule has 1 aliphatic rings. The molecule has 3 aromatic rings. The van der Waals surface area contributed by atoms with Gasteiger partial charge in [0, 0.05) is 24.3 Å². The number of hydrogen-bond acceptors (Lipinski definition) is 4. The third-order valence-corrected chi connectivity index (χ3v) is 6.96. The van der Waals surface area contributed by atoms with E-state index in [1.807, 2.05) is 80.6 Å². The van der Waals surface area contributed by atoms with Crippen LogP contribution in [-0.2, 0) is 27.3 Å². The average Bonchev–Trinajstić information content (AvgIpc) is 2.92. The van der Waals surface area contributed by atoms with Crippen LogP contribution in [0.2, 0.25) is 0 Å². The maximum atomic E-state index is 13.6. The number of hydrogen-bond donors (Lipinski definition) is 0. The number of likely N-dealkylation sites (tertiary alicyclic amines) is 1. The zero-order valence-electron chi connectivity index (χ0n) is 22.5. The van der Waals surface area contributed by atoms with Gasteiger partial charge in [0.05, 0.1) is 25.5 Å². The number of rotatable bonds is 8. The summed E-state index contributed by atoms with van der Waals surface area (Å²) in [5.74, 6) is -0.549. The molecule has 1 unspecified atom stereocenters. The van der Waals surface area contributed by atoms with Crippen molar-refractivity contribution in [2.75, 3.05) is 24.6 Å². The number of piperidine rings is 1. The predicted octanol–water partition coefficient (Wildman–Crippen LogP) is 5.49. The highest BCUT2D eigenvalue weighted by molar-refractivity contribution is 6.06. The summed E-state index contributed by atoms with van der Waals surface area (Å²) >= 11 is 0. The SMILES string of the molecule is CCOC(=O)C1CCCN(C(=O)Cc2ccc(N(Cc3cccc(C)c3)C(=O)c3ccc(C)cc3)cc2)C1. The van der Waals surface area contributed by atoms with Gasteiger partial charge in [-0.1, -0.05) is 59.7 Å². The van der Waals surface area contributed by atoms with Crippen LogP contribution in [0.1, 0.15) is 52.4 Å². The Balaban J connectivity index is 1.49. The Hall–Kier alpha value is -3.93. The van der Waals surface area contributed by atoms with Gasteiger partial charge in [0.2, 0.25) is 5.91 Å². The predicted molar refractivity (Wildman–Crippen MR) is 149 cm³/mol. The van der Waals surface area contributed by atoms with E-state index in [0.29, 0.717) is 31.8 Å². The summed E-state index contributed by atoms with van der Waals surface area (Å²) in [6.45, 7) is 7.69. The highest BCUT2D eigenvalue weighted by atomic mass is 16.5. The van der Waals surface area contributed by atoms with Crippen molar-refractivity contribution in [3.05, 3.63) is 101 Å². The Morgan fingerprint density at radius 1 is 0.921 bits per heavy atom. The number of amides is 2. The molecule has 0 aromatic heterocycles. The van der Waals surface area contributed by atoms with Gasteiger partial charge in [-0.05, 0) is 69.0 Å². The van der Waals surface area contributed by atoms with Gasteiger partial charge in [-0.2, -0.15) is 0 Å². The summed E-state index contributed by atoms with van der Waals surface area (Å²) in [6.07, 6.45) is 1.80. The van der Waals surface area contributed by atoms with E-state index in [1.165, 1.54) is 0 Å². The summed E-state index contributed by atoms with van der Waals surface area (Å²) in [4.78, 5) is 42.3. The fourth-order valence-corrected chi connectivity index (χ4v) is 4.86. The molecule has 2 amide bonds. The van der Waals surface area contributed by atoms with Gasteiger partial charge in [0.1, 0.15) is 0 Å². The largest absolute Gasteiger partial charge is 0.466 e. The Labute approximate surface area is 225 Å². The molecule has 38 heavy (non-hydrogen) atoms. The summed E-state index contributed by atoms with van der Waals surface area (Å²) in [6, 6.07) is 23.4. The monoisotopic (exact) mass is 512 g/mol. The molecule has 3 aromatic carbocycles. The lowest BCUT2D eigenvalue weighted by Crippen LogP contribution is -2.43. The number of esters is 1. The molecule has 4 rings (SSSR count). The van der Waals surface area contributed by atoms with Crippen LogP contribution in [0.4, 0.5) is 5.69 Å². The normalized spacial score (nSPS) is 15.1. The number of nitrogens with zero attached hydrogens (tertiary/aromatic N) is 2. The van der Waals surface area contributed by atoms with Crippen molar-refractivity contribution < 1.29 is 19.1 Å². The van der Waals surface area contributed by atoms with E-state index in [1.54, 1.807) is 16.7 Å². The van der Waals surface area contributed by atoms with Gasteiger partial charge in [0.15, 0.2) is 0 Å². The molecule has 198 valence electrons. The maximum Gasteiger partial charge on any atom is 0.310 e. The van der Waals surface area contributed by atoms with Crippen molar-refractivity contribution in [3.63, 3.8) is 0 Å². The summed E-state index contributed by atoms with van der Waals surface area (Å²) in [7, 11) is 0. The zero-order valence-corrected chi connectivity index (χ0v) is 22.5. The number of aryl methyl sites for hydroxylation is 2. The summed E-state index contributed by atoms with van der Waals surface area (Å²) in [5, 5.41) is 0. The molecule has 0 radical (unpaired) electrons. The molecule has 1 fully saturated rings. The van der Waals surface area contributed by atoms with E-state index in [2.05, 4.69) is 6.07 Å². The van der Waals surface area contributed by atoms with Crippen LogP contribution in [0, 0.1) is 19.8 Å². The van der Waals surface area contributed by atoms with Crippen molar-refractivity contribution in [2.45, 2.75) is 46.6 Å². The quantitative estimate of drug-likeness (QED) is 0.374. The van der Waals surface area contributed by atoms with Crippen LogP contribution in [0.25, 0.3) is 0 Å². The maximum absolute atomic E-state index is 13.6. The lowest BCUT2D eigenvalue weighted by molar-refractivity contribution is -0.151. The van der Waals surface area contributed by atoms with Crippen molar-refractivity contribution in [1.29, 1.82) is 0 Å². The van der Waals surface area contributed by atoms with Gasteiger partial charge in [-0.3, -0.25) is 14.4 Å². The molecule has 0 N–H and O–H groups in total. The van der Waals surface area contributed by atoms with E-state index < -0.39 is 0 Å². The highest BCUT2D eigenvalue weighted by Crippen LogP contribution is 2.23. The summed E-state index contributed by atoms with van der Waals surface area (Å²) < 4.78 is 5.16. The minimum Gasteiger partial charge on any atom is -0.466 e. The highest BCUT2D eigenvalue weighted by Gasteiger charge is 2.29. The van der Waals surface area contributed by atoms with E-state index in [-0.39, 0.29) is 30.1 Å². The van der Waals surface area contributed by atoms with E-state index >= 15 is 0 Å². The van der Waals surface area contributed by atoms with Crippen LogP contribution in [0.3, 0.4) is 0 Å². The fraction of sp³-hybridized carbons (Fsp3) is 0.344. The van der Waals surface area contributed by atoms with Crippen molar-refractivity contribution in [2.24, 2.45) is 5.92 Å². The molecule has 0 aliphatic carbocycles. The Morgan fingerprint density at radius 3 is 2.34 bits per heavy atom. The molecular formula is C32H36N2O4. The first-order valence-corrected chi connectivity index (χ1v) is 13.3. The molecule has 0 spiro atoms. The second kappa shape index (κ2) is 12.5. The first-order valence-electron chi connectivity index (χ1n) is 13.3. The topological polar surface area (TPSA) is 66.9 Å². The average molecular weight is 513 g/mol. The van der Waals surface area contributed by atoms with Gasteiger partial charge in [-0.25, -0.2) is 0 Å². The van der Waals surface area contributed by atoms with Gasteiger partial charge < -0.3 is 14.5 Å². The first kappa shape index (κ1) is 27.1. The third kappa shape index (κ3) is 6.88. The van der Waals surface area contributed by atoms with E-state index in [4.69, 9.17) is 4.74 Å². The van der Waals surface area contributed by atoms with Crippen LogP contribution in [0.15, 0.2) is 72.8 Å². The Kier molecular flexibility index (Phi) is 8.95. The molecule has 6 heteroatoms. The van der Waals surface area contributed by atoms with Gasteiger partial charge >= 0.3 is 5.97 Å². The minimum atomic E-state index is -0.252. The van der Waals surface area contributed by atoms with Crippen molar-refractivity contribution in [1.82, 2.24) is 4.90 Å². The number of ether oxygens (including phenoxy) is 1. The van der Waals surface area contributed by atoms with Crippen molar-refractivity contribution >= 4 is 23.5 Å². The van der Waals surface area contributed by atoms with Crippen LogP contribution >= 0.6 is 0 Å². The molecule has 0 bridgehead atoms. The third-order valence-electron chi connectivity index (χ3n) is 6.96. The van der Waals surface area contributed by atoms with Crippen LogP contribution < -0.4 is 4.90 Å². The minimum absolute atomic E-state index is 0.000836. The van der Waals surface area contributed by atoms with E-state index in [0.717, 1.165) is 40.8 Å². The first-order chi connectivity index (χ1) is 18.3. The van der Waals surface area contributed by atoms with Crippen LogP contribution in [0.5, 0.6) is 0 Å². The number of benzene rings is 3. The second-order valence-corrected chi connectivity index (χ2v) is 10.0. The number of carbonyl (C=O) groups excluding carboxylic acids is 3. The molecule has 1 saturated heterocycles. The summed E-state index contributed by atoms with van der Waals surface area (Å²) in [5.41, 5.74) is 5.56. The standard InChI is InChI=1S/C32H36N2O4/c1-4-38-32(37)28-9-6-18-33(22-28)30(35)20-25-12-16-29(17-13-25)34(21-26-8-5-7-24(3)19-26)31(36)27-14-10-23(2)11-15-27/h5,7-8,10-17,19,28H,4,6,9,18,20-22H2,1-3H3. The van der Waals surface area contributed by atoms with Gasteiger partial charge in [-0.15, -0.1) is 0 Å². The molecule has 1 aliphatic heterocycles. The zero-order chi connectivity index (χ0) is 27.1.